The van der Waals surface area contributed by atoms with Gasteiger partial charge < -0.3 is 5.73 Å². The zero-order valence-corrected chi connectivity index (χ0v) is 11.9. The number of nitrogens with two attached hydrogens (primary N) is 1. The number of rotatable bonds is 1. The van der Waals surface area contributed by atoms with Gasteiger partial charge in [-0.1, -0.05) is 75.4 Å². The van der Waals surface area contributed by atoms with Crippen LogP contribution < -0.4 is 5.73 Å². The van der Waals surface area contributed by atoms with Crippen LogP contribution >= 0.6 is 0 Å². The zero-order valence-electron chi connectivity index (χ0n) is 11.9. The lowest BCUT2D eigenvalue weighted by Gasteiger charge is -2.42. The molecule has 0 saturated carbocycles. The Balaban J connectivity index is 2.25. The van der Waals surface area contributed by atoms with E-state index >= 15 is 0 Å². The Labute approximate surface area is 115 Å². The number of benzene rings is 2. The molecule has 1 nitrogen and oxygen atoms in total. The van der Waals surface area contributed by atoms with Gasteiger partial charge in [0.1, 0.15) is 0 Å². The SMILES string of the molecule is CC1(C)c2ccccc2C(N)C1(C)c1ccccc1. The normalized spacial score (nSPS) is 28.1. The largest absolute Gasteiger partial charge is 0.323 e. The maximum atomic E-state index is 6.63. The van der Waals surface area contributed by atoms with Gasteiger partial charge in [0.15, 0.2) is 0 Å². The molecule has 0 fully saturated rings. The first-order valence-electron chi connectivity index (χ1n) is 6.90. The second kappa shape index (κ2) is 3.94. The topological polar surface area (TPSA) is 26.0 Å². The molecule has 0 aromatic heterocycles. The summed E-state index contributed by atoms with van der Waals surface area (Å²) in [5, 5.41) is 0. The molecule has 2 atom stereocenters. The zero-order chi connectivity index (χ0) is 13.7. The molecule has 0 spiro atoms. The lowest BCUT2D eigenvalue weighted by atomic mass is 9.62. The Morgan fingerprint density at radius 1 is 0.842 bits per heavy atom. The van der Waals surface area contributed by atoms with Crippen LogP contribution in [0.15, 0.2) is 54.6 Å². The van der Waals surface area contributed by atoms with Crippen molar-refractivity contribution in [1.82, 2.24) is 0 Å². The molecule has 0 radical (unpaired) electrons. The fourth-order valence-corrected chi connectivity index (χ4v) is 3.64. The number of hydrogen-bond donors (Lipinski definition) is 1. The molecule has 2 aromatic carbocycles. The summed E-state index contributed by atoms with van der Waals surface area (Å²) in [5.41, 5.74) is 10.6. The van der Waals surface area contributed by atoms with Crippen LogP contribution in [0, 0.1) is 0 Å². The van der Waals surface area contributed by atoms with E-state index in [-0.39, 0.29) is 16.9 Å². The highest BCUT2D eigenvalue weighted by Crippen LogP contribution is 2.57. The predicted molar refractivity (Wildman–Crippen MR) is 80.2 cm³/mol. The van der Waals surface area contributed by atoms with Crippen molar-refractivity contribution in [2.75, 3.05) is 0 Å². The molecule has 0 heterocycles. The van der Waals surface area contributed by atoms with E-state index in [1.165, 1.54) is 16.7 Å². The smallest absolute Gasteiger partial charge is 0.0401 e. The van der Waals surface area contributed by atoms with Crippen LogP contribution in [0.2, 0.25) is 0 Å². The molecule has 98 valence electrons. The minimum atomic E-state index is -0.0715. The molecule has 2 aromatic rings. The number of fused-ring (bicyclic) bond motifs is 1. The van der Waals surface area contributed by atoms with Crippen molar-refractivity contribution in [3.63, 3.8) is 0 Å². The average Bonchev–Trinajstić information content (AvgIpc) is 2.60. The first kappa shape index (κ1) is 12.4. The lowest BCUT2D eigenvalue weighted by Crippen LogP contribution is -2.44. The maximum absolute atomic E-state index is 6.63. The van der Waals surface area contributed by atoms with E-state index in [9.17, 15) is 0 Å². The van der Waals surface area contributed by atoms with E-state index in [2.05, 4.69) is 75.4 Å². The standard InChI is InChI=1S/C18H21N/c1-17(2)15-12-8-7-11-14(15)16(19)18(17,3)13-9-5-4-6-10-13/h4-12,16H,19H2,1-3H3. The molecule has 3 rings (SSSR count). The van der Waals surface area contributed by atoms with Gasteiger partial charge in [-0.3, -0.25) is 0 Å². The predicted octanol–water partition coefficient (Wildman–Crippen LogP) is 3.94. The molecule has 0 aliphatic heterocycles. The van der Waals surface area contributed by atoms with Crippen molar-refractivity contribution >= 4 is 0 Å². The molecule has 19 heavy (non-hydrogen) atoms. The summed E-state index contributed by atoms with van der Waals surface area (Å²) in [6, 6.07) is 19.3. The molecule has 1 aliphatic rings. The molecule has 1 aliphatic carbocycles. The Morgan fingerprint density at radius 2 is 1.42 bits per heavy atom. The summed E-state index contributed by atoms with van der Waals surface area (Å²) in [6.45, 7) is 6.92. The maximum Gasteiger partial charge on any atom is 0.0401 e. The minimum absolute atomic E-state index is 0.0321. The van der Waals surface area contributed by atoms with Gasteiger partial charge in [0.2, 0.25) is 0 Å². The summed E-state index contributed by atoms with van der Waals surface area (Å²) < 4.78 is 0. The van der Waals surface area contributed by atoms with E-state index in [1.54, 1.807) is 0 Å². The first-order valence-corrected chi connectivity index (χ1v) is 6.90. The molecule has 0 bridgehead atoms. The van der Waals surface area contributed by atoms with Crippen molar-refractivity contribution in [3.05, 3.63) is 71.3 Å². The van der Waals surface area contributed by atoms with Crippen molar-refractivity contribution in [2.45, 2.75) is 37.6 Å². The average molecular weight is 251 g/mol. The van der Waals surface area contributed by atoms with Crippen molar-refractivity contribution < 1.29 is 0 Å². The van der Waals surface area contributed by atoms with E-state index in [0.29, 0.717) is 0 Å². The molecule has 1 heteroatoms. The summed E-state index contributed by atoms with van der Waals surface area (Å²) >= 11 is 0. The fraction of sp³-hybridized carbons (Fsp3) is 0.333. The second-order valence-electron chi connectivity index (χ2n) is 6.26. The third kappa shape index (κ3) is 1.45. The van der Waals surface area contributed by atoms with Gasteiger partial charge in [0.25, 0.3) is 0 Å². The molecular formula is C18H21N. The lowest BCUT2D eigenvalue weighted by molar-refractivity contribution is 0.263. The van der Waals surface area contributed by atoms with Crippen molar-refractivity contribution in [3.8, 4) is 0 Å². The Bertz CT molecular complexity index is 600. The van der Waals surface area contributed by atoms with Crippen LogP contribution in [0.3, 0.4) is 0 Å². The molecule has 0 amide bonds. The Morgan fingerprint density at radius 3 is 2.05 bits per heavy atom. The van der Waals surface area contributed by atoms with Crippen molar-refractivity contribution in [2.24, 2.45) is 5.73 Å². The van der Waals surface area contributed by atoms with Gasteiger partial charge in [-0.25, -0.2) is 0 Å². The molecule has 0 saturated heterocycles. The van der Waals surface area contributed by atoms with Crippen LogP contribution in [0.25, 0.3) is 0 Å². The Hall–Kier alpha value is -1.60. The molecule has 2 N–H and O–H groups in total. The van der Waals surface area contributed by atoms with Crippen LogP contribution in [0.5, 0.6) is 0 Å². The van der Waals surface area contributed by atoms with Crippen molar-refractivity contribution in [1.29, 1.82) is 0 Å². The summed E-state index contributed by atoms with van der Waals surface area (Å²) in [7, 11) is 0. The minimum Gasteiger partial charge on any atom is -0.323 e. The highest BCUT2D eigenvalue weighted by atomic mass is 14.8. The Kier molecular flexibility index (Phi) is 2.58. The van der Waals surface area contributed by atoms with Gasteiger partial charge in [-0.2, -0.15) is 0 Å². The highest BCUT2D eigenvalue weighted by molar-refractivity contribution is 5.51. The molecule has 2 unspecified atom stereocenters. The van der Waals surface area contributed by atoms with Gasteiger partial charge in [-0.05, 0) is 16.7 Å². The highest BCUT2D eigenvalue weighted by Gasteiger charge is 2.54. The second-order valence-corrected chi connectivity index (χ2v) is 6.26. The van der Waals surface area contributed by atoms with Gasteiger partial charge >= 0.3 is 0 Å². The van der Waals surface area contributed by atoms with Crippen LogP contribution in [0.4, 0.5) is 0 Å². The monoisotopic (exact) mass is 251 g/mol. The fourth-order valence-electron chi connectivity index (χ4n) is 3.64. The van der Waals surface area contributed by atoms with Gasteiger partial charge in [0, 0.05) is 16.9 Å². The quantitative estimate of drug-likeness (QED) is 0.816. The van der Waals surface area contributed by atoms with E-state index in [1.807, 2.05) is 0 Å². The first-order chi connectivity index (χ1) is 8.99. The molecular weight excluding hydrogens is 230 g/mol. The third-order valence-corrected chi connectivity index (χ3v) is 5.26. The summed E-state index contributed by atoms with van der Waals surface area (Å²) in [6.07, 6.45) is 0. The summed E-state index contributed by atoms with van der Waals surface area (Å²) in [4.78, 5) is 0. The summed E-state index contributed by atoms with van der Waals surface area (Å²) in [5.74, 6) is 0. The van der Waals surface area contributed by atoms with Crippen LogP contribution in [-0.2, 0) is 10.8 Å². The van der Waals surface area contributed by atoms with Gasteiger partial charge in [-0.15, -0.1) is 0 Å². The number of hydrogen-bond acceptors (Lipinski definition) is 1. The van der Waals surface area contributed by atoms with E-state index in [4.69, 9.17) is 5.73 Å². The van der Waals surface area contributed by atoms with E-state index < -0.39 is 0 Å². The van der Waals surface area contributed by atoms with Crippen LogP contribution in [0.1, 0.15) is 43.5 Å². The third-order valence-electron chi connectivity index (χ3n) is 5.26. The van der Waals surface area contributed by atoms with Crippen LogP contribution in [-0.4, -0.2) is 0 Å². The van der Waals surface area contributed by atoms with Gasteiger partial charge in [0.05, 0.1) is 0 Å². The van der Waals surface area contributed by atoms with E-state index in [0.717, 1.165) is 0 Å².